The van der Waals surface area contributed by atoms with Crippen molar-refractivity contribution in [2.45, 2.75) is 20.3 Å². The van der Waals surface area contributed by atoms with Gasteiger partial charge in [0.2, 0.25) is 0 Å². The average Bonchev–Trinajstić information content (AvgIpc) is 1.99. The Bertz CT molecular complexity index is 238. The number of nitrogens with zero attached hydrogens (tertiary/aromatic N) is 1. The molecule has 0 aromatic carbocycles. The highest BCUT2D eigenvalue weighted by molar-refractivity contribution is 8.00. The van der Waals surface area contributed by atoms with Crippen LogP contribution in [0, 0.1) is 5.41 Å². The van der Waals surface area contributed by atoms with E-state index >= 15 is 0 Å². The zero-order chi connectivity index (χ0) is 9.90. The number of hydrazone groups is 1. The molecule has 1 fully saturated rings. The molecule has 2 amide bonds. The molecule has 0 aliphatic carbocycles. The monoisotopic (exact) mass is 201 g/mol. The fourth-order valence-electron chi connectivity index (χ4n) is 1.31. The Kier molecular flexibility index (Phi) is 3.19. The van der Waals surface area contributed by atoms with Crippen molar-refractivity contribution in [3.8, 4) is 0 Å². The first-order chi connectivity index (χ1) is 5.99. The van der Waals surface area contributed by atoms with E-state index < -0.39 is 6.03 Å². The second-order valence-electron chi connectivity index (χ2n) is 3.99. The number of hydrogen-bond donors (Lipinski definition) is 2. The van der Waals surface area contributed by atoms with Crippen LogP contribution in [0.25, 0.3) is 0 Å². The molecule has 3 N–H and O–H groups in total. The van der Waals surface area contributed by atoms with Crippen molar-refractivity contribution in [2.75, 3.05) is 11.5 Å². The fourth-order valence-corrected chi connectivity index (χ4v) is 2.46. The minimum absolute atomic E-state index is 0.279. The highest BCUT2D eigenvalue weighted by atomic mass is 32.2. The van der Waals surface area contributed by atoms with Crippen LogP contribution in [0.2, 0.25) is 0 Å². The maximum atomic E-state index is 10.4. The molecule has 0 atom stereocenters. The molecule has 1 aliphatic rings. The van der Waals surface area contributed by atoms with E-state index in [2.05, 4.69) is 24.4 Å². The largest absolute Gasteiger partial charge is 0.350 e. The Balaban J connectivity index is 2.51. The first-order valence-electron chi connectivity index (χ1n) is 4.18. The average molecular weight is 201 g/mol. The molecule has 0 radical (unpaired) electrons. The number of carbonyl (C=O) groups excluding carboxylic acids is 1. The van der Waals surface area contributed by atoms with Gasteiger partial charge in [-0.2, -0.15) is 16.9 Å². The molecular formula is C8H15N3OS. The topological polar surface area (TPSA) is 67.5 Å². The van der Waals surface area contributed by atoms with Crippen LogP contribution in [0.15, 0.2) is 5.10 Å². The SMILES string of the molecule is CC1(C)CSCC(=NNC(N)=O)C1. The Morgan fingerprint density at radius 2 is 2.38 bits per heavy atom. The molecule has 0 saturated carbocycles. The van der Waals surface area contributed by atoms with Gasteiger partial charge in [-0.15, -0.1) is 0 Å². The number of urea groups is 1. The summed E-state index contributed by atoms with van der Waals surface area (Å²) in [5, 5.41) is 3.95. The summed E-state index contributed by atoms with van der Waals surface area (Å²) in [6.45, 7) is 4.39. The number of primary amides is 1. The Morgan fingerprint density at radius 1 is 1.69 bits per heavy atom. The molecular weight excluding hydrogens is 186 g/mol. The number of thioether (sulfide) groups is 1. The lowest BCUT2D eigenvalue weighted by atomic mass is 9.89. The second kappa shape index (κ2) is 4.00. The summed E-state index contributed by atoms with van der Waals surface area (Å²) in [7, 11) is 0. The van der Waals surface area contributed by atoms with Gasteiger partial charge in [-0.25, -0.2) is 10.2 Å². The van der Waals surface area contributed by atoms with E-state index in [1.54, 1.807) is 0 Å². The van der Waals surface area contributed by atoms with Gasteiger partial charge in [0.1, 0.15) is 0 Å². The number of amides is 2. The van der Waals surface area contributed by atoms with Crippen LogP contribution in [0.3, 0.4) is 0 Å². The van der Waals surface area contributed by atoms with Gasteiger partial charge in [-0.1, -0.05) is 13.8 Å². The third-order valence-corrected chi connectivity index (χ3v) is 3.29. The first kappa shape index (κ1) is 10.4. The van der Waals surface area contributed by atoms with E-state index in [9.17, 15) is 4.79 Å². The number of rotatable bonds is 1. The van der Waals surface area contributed by atoms with Crippen molar-refractivity contribution in [2.24, 2.45) is 16.3 Å². The zero-order valence-electron chi connectivity index (χ0n) is 7.96. The van der Waals surface area contributed by atoms with Crippen molar-refractivity contribution >= 4 is 23.5 Å². The molecule has 1 saturated heterocycles. The highest BCUT2D eigenvalue weighted by Gasteiger charge is 2.25. The molecule has 1 rings (SSSR count). The Hall–Kier alpha value is -0.710. The normalized spacial score (nSPS) is 24.3. The number of hydrogen-bond acceptors (Lipinski definition) is 3. The predicted octanol–water partition coefficient (Wildman–Crippen LogP) is 1.17. The van der Waals surface area contributed by atoms with Crippen LogP contribution >= 0.6 is 11.8 Å². The summed E-state index contributed by atoms with van der Waals surface area (Å²) in [5.41, 5.74) is 8.47. The molecule has 0 spiro atoms. The zero-order valence-corrected chi connectivity index (χ0v) is 8.78. The molecule has 13 heavy (non-hydrogen) atoms. The molecule has 0 aromatic rings. The molecule has 0 aromatic heterocycles. The van der Waals surface area contributed by atoms with Crippen LogP contribution in [0.5, 0.6) is 0 Å². The van der Waals surface area contributed by atoms with E-state index in [-0.39, 0.29) is 5.41 Å². The number of carbonyl (C=O) groups is 1. The lowest BCUT2D eigenvalue weighted by Gasteiger charge is -2.29. The van der Waals surface area contributed by atoms with E-state index in [1.807, 2.05) is 11.8 Å². The minimum atomic E-state index is -0.596. The van der Waals surface area contributed by atoms with Gasteiger partial charge in [0.25, 0.3) is 0 Å². The number of nitrogens with two attached hydrogens (primary N) is 1. The molecule has 0 unspecified atom stereocenters. The predicted molar refractivity (Wildman–Crippen MR) is 55.9 cm³/mol. The van der Waals surface area contributed by atoms with Gasteiger partial charge in [0.15, 0.2) is 0 Å². The third kappa shape index (κ3) is 3.67. The van der Waals surface area contributed by atoms with Gasteiger partial charge in [-0.3, -0.25) is 0 Å². The summed E-state index contributed by atoms with van der Waals surface area (Å²) in [5.74, 6) is 2.03. The van der Waals surface area contributed by atoms with Gasteiger partial charge in [0.05, 0.1) is 0 Å². The van der Waals surface area contributed by atoms with Gasteiger partial charge < -0.3 is 5.73 Å². The summed E-state index contributed by atoms with van der Waals surface area (Å²) in [6.07, 6.45) is 0.931. The minimum Gasteiger partial charge on any atom is -0.350 e. The standard InChI is InChI=1S/C8H15N3OS/c1-8(2)3-6(4-13-5-8)10-11-7(9)12/h3-5H2,1-2H3,(H3,9,11,12). The van der Waals surface area contributed by atoms with Crippen molar-refractivity contribution in [3.63, 3.8) is 0 Å². The maximum absolute atomic E-state index is 10.4. The van der Waals surface area contributed by atoms with E-state index in [1.165, 1.54) is 0 Å². The van der Waals surface area contributed by atoms with E-state index in [0.29, 0.717) is 0 Å². The molecule has 1 aliphatic heterocycles. The Morgan fingerprint density at radius 3 is 2.92 bits per heavy atom. The molecule has 74 valence electrons. The molecule has 4 nitrogen and oxygen atoms in total. The van der Waals surface area contributed by atoms with Crippen molar-refractivity contribution < 1.29 is 4.79 Å². The Labute approximate surface area is 82.3 Å². The molecule has 5 heteroatoms. The van der Waals surface area contributed by atoms with Crippen LogP contribution in [0.4, 0.5) is 4.79 Å². The number of nitrogens with one attached hydrogen (secondary N) is 1. The summed E-state index contributed by atoms with van der Waals surface area (Å²) >= 11 is 1.84. The van der Waals surface area contributed by atoms with Crippen LogP contribution in [-0.4, -0.2) is 23.2 Å². The second-order valence-corrected chi connectivity index (χ2v) is 4.97. The van der Waals surface area contributed by atoms with Crippen molar-refractivity contribution in [1.82, 2.24) is 5.43 Å². The summed E-state index contributed by atoms with van der Waals surface area (Å²) in [4.78, 5) is 10.4. The van der Waals surface area contributed by atoms with Gasteiger partial charge in [-0.05, 0) is 17.6 Å². The third-order valence-electron chi connectivity index (χ3n) is 1.77. The smallest absolute Gasteiger partial charge is 0.332 e. The lowest BCUT2D eigenvalue weighted by molar-refractivity contribution is 0.249. The van der Waals surface area contributed by atoms with Crippen LogP contribution < -0.4 is 11.2 Å². The molecule has 1 heterocycles. The van der Waals surface area contributed by atoms with E-state index in [4.69, 9.17) is 5.73 Å². The van der Waals surface area contributed by atoms with Crippen LogP contribution in [-0.2, 0) is 0 Å². The lowest BCUT2D eigenvalue weighted by Crippen LogP contribution is -2.31. The fraction of sp³-hybridized carbons (Fsp3) is 0.750. The summed E-state index contributed by atoms with van der Waals surface area (Å²) < 4.78 is 0. The van der Waals surface area contributed by atoms with E-state index in [0.717, 1.165) is 23.6 Å². The highest BCUT2D eigenvalue weighted by Crippen LogP contribution is 2.31. The summed E-state index contributed by atoms with van der Waals surface area (Å²) in [6, 6.07) is -0.596. The van der Waals surface area contributed by atoms with Gasteiger partial charge >= 0.3 is 6.03 Å². The quantitative estimate of drug-likeness (QED) is 0.625. The maximum Gasteiger partial charge on any atom is 0.332 e. The van der Waals surface area contributed by atoms with Crippen molar-refractivity contribution in [3.05, 3.63) is 0 Å². The van der Waals surface area contributed by atoms with Gasteiger partial charge in [0, 0.05) is 11.5 Å². The van der Waals surface area contributed by atoms with Crippen LogP contribution in [0.1, 0.15) is 20.3 Å². The molecule has 0 bridgehead atoms. The first-order valence-corrected chi connectivity index (χ1v) is 5.34. The van der Waals surface area contributed by atoms with Crippen molar-refractivity contribution in [1.29, 1.82) is 0 Å².